The SMILES string of the molecule is CC(C)CCCCCCNC(=O)Cn1cc(N)cn1. The van der Waals surface area contributed by atoms with Gasteiger partial charge >= 0.3 is 0 Å². The number of carbonyl (C=O) groups excluding carboxylic acids is 1. The van der Waals surface area contributed by atoms with Crippen molar-refractivity contribution in [3.05, 3.63) is 12.4 Å². The van der Waals surface area contributed by atoms with E-state index in [0.29, 0.717) is 5.69 Å². The van der Waals surface area contributed by atoms with Gasteiger partial charge in [-0.05, 0) is 12.3 Å². The molecule has 1 aromatic rings. The number of nitrogens with zero attached hydrogens (tertiary/aromatic N) is 2. The van der Waals surface area contributed by atoms with Gasteiger partial charge in [0, 0.05) is 12.7 Å². The molecule has 0 aliphatic carbocycles. The molecule has 0 aliphatic rings. The second kappa shape index (κ2) is 8.56. The van der Waals surface area contributed by atoms with Gasteiger partial charge in [0.15, 0.2) is 0 Å². The van der Waals surface area contributed by atoms with Crippen molar-refractivity contribution in [2.45, 2.75) is 52.5 Å². The Kier molecular flexibility index (Phi) is 7.00. The van der Waals surface area contributed by atoms with Crippen molar-refractivity contribution in [3.8, 4) is 0 Å². The molecular formula is C14H26N4O. The Bertz CT molecular complexity index is 373. The Morgan fingerprint density at radius 1 is 1.37 bits per heavy atom. The lowest BCUT2D eigenvalue weighted by molar-refractivity contribution is -0.121. The number of hydrogen-bond donors (Lipinski definition) is 2. The Morgan fingerprint density at radius 2 is 2.11 bits per heavy atom. The van der Waals surface area contributed by atoms with E-state index < -0.39 is 0 Å². The molecule has 5 nitrogen and oxygen atoms in total. The molecule has 1 heterocycles. The molecule has 1 aromatic heterocycles. The van der Waals surface area contributed by atoms with E-state index >= 15 is 0 Å². The fourth-order valence-corrected chi connectivity index (χ4v) is 1.93. The van der Waals surface area contributed by atoms with Crippen LogP contribution in [0.4, 0.5) is 5.69 Å². The monoisotopic (exact) mass is 266 g/mol. The van der Waals surface area contributed by atoms with Crippen molar-refractivity contribution >= 4 is 11.6 Å². The number of hydrogen-bond acceptors (Lipinski definition) is 3. The zero-order valence-electron chi connectivity index (χ0n) is 12.1. The Balaban J connectivity index is 1.99. The highest BCUT2D eigenvalue weighted by Crippen LogP contribution is 2.08. The van der Waals surface area contributed by atoms with Crippen LogP contribution in [0.2, 0.25) is 0 Å². The molecule has 0 aromatic carbocycles. The summed E-state index contributed by atoms with van der Waals surface area (Å²) in [5.41, 5.74) is 6.11. The van der Waals surface area contributed by atoms with Crippen molar-refractivity contribution in [1.82, 2.24) is 15.1 Å². The molecule has 1 amide bonds. The average Bonchev–Trinajstić information content (AvgIpc) is 2.73. The largest absolute Gasteiger partial charge is 0.396 e. The zero-order valence-corrected chi connectivity index (χ0v) is 12.1. The van der Waals surface area contributed by atoms with Gasteiger partial charge in [-0.1, -0.05) is 39.5 Å². The predicted octanol–water partition coefficient (Wildman–Crippen LogP) is 2.19. The van der Waals surface area contributed by atoms with E-state index in [1.807, 2.05) is 0 Å². The molecule has 5 heteroatoms. The smallest absolute Gasteiger partial charge is 0.241 e. The van der Waals surface area contributed by atoms with Gasteiger partial charge in [0.25, 0.3) is 0 Å². The first-order chi connectivity index (χ1) is 9.08. The fourth-order valence-electron chi connectivity index (χ4n) is 1.93. The number of carbonyl (C=O) groups is 1. The minimum Gasteiger partial charge on any atom is -0.396 e. The van der Waals surface area contributed by atoms with Gasteiger partial charge in [0.2, 0.25) is 5.91 Å². The molecule has 0 bridgehead atoms. The molecule has 0 radical (unpaired) electrons. The number of nitrogens with two attached hydrogens (primary N) is 1. The average molecular weight is 266 g/mol. The minimum atomic E-state index is -0.00900. The maximum absolute atomic E-state index is 11.6. The zero-order chi connectivity index (χ0) is 14.1. The molecule has 0 aliphatic heterocycles. The molecule has 0 unspecified atom stereocenters. The van der Waals surface area contributed by atoms with Gasteiger partial charge in [0.1, 0.15) is 6.54 Å². The first kappa shape index (κ1) is 15.5. The highest BCUT2D eigenvalue weighted by molar-refractivity contribution is 5.75. The van der Waals surface area contributed by atoms with Crippen LogP contribution >= 0.6 is 0 Å². The van der Waals surface area contributed by atoms with Gasteiger partial charge in [-0.3, -0.25) is 9.48 Å². The van der Waals surface area contributed by atoms with Crippen molar-refractivity contribution in [2.24, 2.45) is 5.92 Å². The molecule has 0 saturated carbocycles. The Morgan fingerprint density at radius 3 is 2.74 bits per heavy atom. The van der Waals surface area contributed by atoms with Gasteiger partial charge in [-0.2, -0.15) is 5.10 Å². The summed E-state index contributed by atoms with van der Waals surface area (Å²) in [4.78, 5) is 11.6. The maximum Gasteiger partial charge on any atom is 0.241 e. The Hall–Kier alpha value is -1.52. The molecule has 0 atom stereocenters. The van der Waals surface area contributed by atoms with Crippen LogP contribution < -0.4 is 11.1 Å². The maximum atomic E-state index is 11.6. The topological polar surface area (TPSA) is 72.9 Å². The lowest BCUT2D eigenvalue weighted by Gasteiger charge is -2.06. The summed E-state index contributed by atoms with van der Waals surface area (Å²) in [6.45, 7) is 5.49. The minimum absolute atomic E-state index is 0.00900. The van der Waals surface area contributed by atoms with Crippen molar-refractivity contribution in [2.75, 3.05) is 12.3 Å². The molecule has 108 valence electrons. The first-order valence-corrected chi connectivity index (χ1v) is 7.12. The number of aromatic nitrogens is 2. The van der Waals surface area contributed by atoms with E-state index in [1.165, 1.54) is 25.7 Å². The second-order valence-corrected chi connectivity index (χ2v) is 5.42. The van der Waals surface area contributed by atoms with Gasteiger partial charge in [-0.15, -0.1) is 0 Å². The molecule has 0 spiro atoms. The van der Waals surface area contributed by atoms with Crippen LogP contribution in [0, 0.1) is 5.92 Å². The van der Waals surface area contributed by atoms with Gasteiger partial charge < -0.3 is 11.1 Å². The molecule has 19 heavy (non-hydrogen) atoms. The lowest BCUT2D eigenvalue weighted by Crippen LogP contribution is -2.28. The van der Waals surface area contributed by atoms with E-state index in [-0.39, 0.29) is 12.5 Å². The van der Waals surface area contributed by atoms with Crippen LogP contribution in [-0.4, -0.2) is 22.2 Å². The van der Waals surface area contributed by atoms with Crippen LogP contribution in [0.3, 0.4) is 0 Å². The normalized spacial score (nSPS) is 10.9. The third kappa shape index (κ3) is 7.49. The summed E-state index contributed by atoms with van der Waals surface area (Å²) in [6.07, 6.45) is 9.27. The summed E-state index contributed by atoms with van der Waals surface area (Å²) in [5.74, 6) is 0.784. The number of anilines is 1. The van der Waals surface area contributed by atoms with E-state index in [2.05, 4.69) is 24.3 Å². The number of nitrogen functional groups attached to an aromatic ring is 1. The lowest BCUT2D eigenvalue weighted by atomic mass is 10.0. The summed E-state index contributed by atoms with van der Waals surface area (Å²) < 4.78 is 1.55. The summed E-state index contributed by atoms with van der Waals surface area (Å²) in [5, 5.41) is 6.87. The van der Waals surface area contributed by atoms with E-state index in [1.54, 1.807) is 17.1 Å². The highest BCUT2D eigenvalue weighted by atomic mass is 16.2. The number of rotatable bonds is 9. The van der Waals surface area contributed by atoms with Crippen molar-refractivity contribution in [3.63, 3.8) is 0 Å². The quantitative estimate of drug-likeness (QED) is 0.673. The van der Waals surface area contributed by atoms with Gasteiger partial charge in [0.05, 0.1) is 11.9 Å². The van der Waals surface area contributed by atoms with E-state index in [0.717, 1.165) is 18.9 Å². The van der Waals surface area contributed by atoms with E-state index in [4.69, 9.17) is 5.73 Å². The third-order valence-corrected chi connectivity index (χ3v) is 2.99. The highest BCUT2D eigenvalue weighted by Gasteiger charge is 2.03. The second-order valence-electron chi connectivity index (χ2n) is 5.42. The van der Waals surface area contributed by atoms with Crippen molar-refractivity contribution < 1.29 is 4.79 Å². The Labute approximate surface area is 115 Å². The van der Waals surface area contributed by atoms with Gasteiger partial charge in [-0.25, -0.2) is 0 Å². The van der Waals surface area contributed by atoms with Crippen LogP contribution in [0.25, 0.3) is 0 Å². The van der Waals surface area contributed by atoms with Crippen molar-refractivity contribution in [1.29, 1.82) is 0 Å². The molecular weight excluding hydrogens is 240 g/mol. The summed E-state index contributed by atoms with van der Waals surface area (Å²) >= 11 is 0. The predicted molar refractivity (Wildman–Crippen MR) is 77.6 cm³/mol. The first-order valence-electron chi connectivity index (χ1n) is 7.12. The summed E-state index contributed by atoms with van der Waals surface area (Å²) in [6, 6.07) is 0. The van der Waals surface area contributed by atoms with Crippen LogP contribution in [-0.2, 0) is 11.3 Å². The molecule has 0 fully saturated rings. The molecule has 1 rings (SSSR count). The molecule has 3 N–H and O–H groups in total. The number of nitrogens with one attached hydrogen (secondary N) is 1. The van der Waals surface area contributed by atoms with Crippen LogP contribution in [0.5, 0.6) is 0 Å². The third-order valence-electron chi connectivity index (χ3n) is 2.99. The molecule has 0 saturated heterocycles. The number of unbranched alkanes of at least 4 members (excludes halogenated alkanes) is 3. The number of amides is 1. The van der Waals surface area contributed by atoms with E-state index in [9.17, 15) is 4.79 Å². The van der Waals surface area contributed by atoms with Crippen LogP contribution in [0.15, 0.2) is 12.4 Å². The summed E-state index contributed by atoms with van der Waals surface area (Å²) in [7, 11) is 0. The van der Waals surface area contributed by atoms with Crippen LogP contribution in [0.1, 0.15) is 46.0 Å². The fraction of sp³-hybridized carbons (Fsp3) is 0.714. The standard InChI is InChI=1S/C14H26N4O/c1-12(2)7-5-3-4-6-8-16-14(19)11-18-10-13(15)9-17-18/h9-10,12H,3-8,11,15H2,1-2H3,(H,16,19).